The number of urea groups is 1. The van der Waals surface area contributed by atoms with Gasteiger partial charge in [0.25, 0.3) is 0 Å². The van der Waals surface area contributed by atoms with E-state index in [1.807, 2.05) is 13.8 Å². The van der Waals surface area contributed by atoms with Gasteiger partial charge in [-0.3, -0.25) is 9.59 Å². The number of nitrogens with two attached hydrogens (primary N) is 1. The SMILES string of the molecule is CC(C)NC(=O)Nc1ccc(CNC(=O)CNC(=O)CN)cc1. The fourth-order valence-electron chi connectivity index (χ4n) is 1.65. The number of carbonyl (C=O) groups is 3. The quantitative estimate of drug-likeness (QED) is 0.481. The van der Waals surface area contributed by atoms with Gasteiger partial charge in [0.2, 0.25) is 11.8 Å². The molecule has 0 heterocycles. The molecular formula is C15H23N5O3. The van der Waals surface area contributed by atoms with Gasteiger partial charge in [-0.15, -0.1) is 0 Å². The number of hydrogen-bond acceptors (Lipinski definition) is 4. The van der Waals surface area contributed by atoms with Crippen LogP contribution in [0.3, 0.4) is 0 Å². The second kappa shape index (κ2) is 9.42. The summed E-state index contributed by atoms with van der Waals surface area (Å²) in [5, 5.41) is 10.5. The van der Waals surface area contributed by atoms with Gasteiger partial charge in [-0.1, -0.05) is 12.1 Å². The van der Waals surface area contributed by atoms with E-state index in [2.05, 4.69) is 21.3 Å². The van der Waals surface area contributed by atoms with Gasteiger partial charge in [-0.2, -0.15) is 0 Å². The second-order valence-electron chi connectivity index (χ2n) is 5.21. The van der Waals surface area contributed by atoms with Crippen LogP contribution in [-0.2, 0) is 16.1 Å². The molecule has 1 aromatic carbocycles. The van der Waals surface area contributed by atoms with Crippen LogP contribution < -0.4 is 27.0 Å². The summed E-state index contributed by atoms with van der Waals surface area (Å²) in [5.41, 5.74) is 6.65. The fraction of sp³-hybridized carbons (Fsp3) is 0.400. The Labute approximate surface area is 135 Å². The zero-order valence-corrected chi connectivity index (χ0v) is 13.3. The normalized spacial score (nSPS) is 10.1. The Morgan fingerprint density at radius 2 is 1.70 bits per heavy atom. The van der Waals surface area contributed by atoms with E-state index in [-0.39, 0.29) is 37.0 Å². The fourth-order valence-corrected chi connectivity index (χ4v) is 1.65. The van der Waals surface area contributed by atoms with E-state index in [1.165, 1.54) is 0 Å². The monoisotopic (exact) mass is 321 g/mol. The minimum atomic E-state index is -0.379. The van der Waals surface area contributed by atoms with Crippen molar-refractivity contribution in [3.63, 3.8) is 0 Å². The molecule has 0 radical (unpaired) electrons. The molecule has 126 valence electrons. The van der Waals surface area contributed by atoms with Crippen molar-refractivity contribution in [2.75, 3.05) is 18.4 Å². The first-order chi connectivity index (χ1) is 10.9. The summed E-state index contributed by atoms with van der Waals surface area (Å²) in [7, 11) is 0. The standard InChI is InChI=1S/C15H23N5O3/c1-10(2)19-15(23)20-12-5-3-11(4-6-12)8-17-14(22)9-18-13(21)7-16/h3-6,10H,7-9,16H2,1-2H3,(H,17,22)(H,18,21)(H2,19,20,23). The number of amides is 4. The second-order valence-corrected chi connectivity index (χ2v) is 5.21. The van der Waals surface area contributed by atoms with Crippen LogP contribution in [0.15, 0.2) is 24.3 Å². The summed E-state index contributed by atoms with van der Waals surface area (Å²) in [5.74, 6) is -0.680. The van der Waals surface area contributed by atoms with Crippen LogP contribution >= 0.6 is 0 Å². The van der Waals surface area contributed by atoms with E-state index in [9.17, 15) is 14.4 Å². The van der Waals surface area contributed by atoms with Gasteiger partial charge in [0.05, 0.1) is 13.1 Å². The molecule has 0 spiro atoms. The first-order valence-electron chi connectivity index (χ1n) is 7.30. The molecule has 8 heteroatoms. The van der Waals surface area contributed by atoms with Crippen molar-refractivity contribution in [1.29, 1.82) is 0 Å². The van der Waals surface area contributed by atoms with Crippen LogP contribution in [0.5, 0.6) is 0 Å². The molecule has 0 saturated carbocycles. The molecular weight excluding hydrogens is 298 g/mol. The van der Waals surface area contributed by atoms with Crippen molar-refractivity contribution in [3.05, 3.63) is 29.8 Å². The third-order valence-electron chi connectivity index (χ3n) is 2.75. The summed E-state index contributed by atoms with van der Waals surface area (Å²) in [6.07, 6.45) is 0. The Morgan fingerprint density at radius 3 is 2.26 bits per heavy atom. The molecule has 1 rings (SSSR count). The predicted octanol–water partition coefficient (Wildman–Crippen LogP) is -0.0924. The first kappa shape index (κ1) is 18.4. The van der Waals surface area contributed by atoms with Crippen molar-refractivity contribution in [3.8, 4) is 0 Å². The third kappa shape index (κ3) is 7.82. The minimum absolute atomic E-state index is 0.0595. The number of hydrogen-bond donors (Lipinski definition) is 5. The summed E-state index contributed by atoms with van der Waals surface area (Å²) < 4.78 is 0. The van der Waals surface area contributed by atoms with Crippen molar-refractivity contribution in [1.82, 2.24) is 16.0 Å². The Balaban J connectivity index is 2.38. The van der Waals surface area contributed by atoms with Gasteiger partial charge in [0.15, 0.2) is 0 Å². The Kier molecular flexibility index (Phi) is 7.55. The highest BCUT2D eigenvalue weighted by atomic mass is 16.2. The Bertz CT molecular complexity index is 543. The molecule has 23 heavy (non-hydrogen) atoms. The van der Waals surface area contributed by atoms with Crippen LogP contribution in [0.4, 0.5) is 10.5 Å². The summed E-state index contributed by atoms with van der Waals surface area (Å²) in [4.78, 5) is 34.0. The lowest BCUT2D eigenvalue weighted by molar-refractivity contribution is -0.125. The maximum atomic E-state index is 11.6. The molecule has 0 aliphatic rings. The van der Waals surface area contributed by atoms with Crippen molar-refractivity contribution >= 4 is 23.5 Å². The van der Waals surface area contributed by atoms with Gasteiger partial charge in [0, 0.05) is 18.3 Å². The van der Waals surface area contributed by atoms with E-state index < -0.39 is 0 Å². The number of nitrogens with one attached hydrogen (secondary N) is 4. The van der Waals surface area contributed by atoms with Crippen LogP contribution in [0.25, 0.3) is 0 Å². The molecule has 0 aromatic heterocycles. The van der Waals surface area contributed by atoms with Crippen LogP contribution in [0.1, 0.15) is 19.4 Å². The maximum absolute atomic E-state index is 11.6. The number of carbonyl (C=O) groups excluding carboxylic acids is 3. The third-order valence-corrected chi connectivity index (χ3v) is 2.75. The first-order valence-corrected chi connectivity index (χ1v) is 7.30. The van der Waals surface area contributed by atoms with Gasteiger partial charge < -0.3 is 27.0 Å². The molecule has 6 N–H and O–H groups in total. The molecule has 1 aromatic rings. The lowest BCUT2D eigenvalue weighted by Gasteiger charge is -2.11. The van der Waals surface area contributed by atoms with Gasteiger partial charge in [-0.25, -0.2) is 4.79 Å². The van der Waals surface area contributed by atoms with Crippen molar-refractivity contribution < 1.29 is 14.4 Å². The average Bonchev–Trinajstić information content (AvgIpc) is 2.51. The molecule has 0 saturated heterocycles. The van der Waals surface area contributed by atoms with Gasteiger partial charge >= 0.3 is 6.03 Å². The van der Waals surface area contributed by atoms with Crippen LogP contribution in [-0.4, -0.2) is 37.0 Å². The van der Waals surface area contributed by atoms with Crippen molar-refractivity contribution in [2.45, 2.75) is 26.4 Å². The van der Waals surface area contributed by atoms with Gasteiger partial charge in [0.1, 0.15) is 0 Å². The highest BCUT2D eigenvalue weighted by Gasteiger charge is 2.05. The highest BCUT2D eigenvalue weighted by Crippen LogP contribution is 2.09. The molecule has 4 amide bonds. The summed E-state index contributed by atoms with van der Waals surface area (Å²) in [6.45, 7) is 3.83. The van der Waals surface area contributed by atoms with Crippen molar-refractivity contribution in [2.24, 2.45) is 5.73 Å². The highest BCUT2D eigenvalue weighted by molar-refractivity contribution is 5.89. The summed E-state index contributed by atoms with van der Waals surface area (Å²) in [6, 6.07) is 6.88. The molecule has 0 bridgehead atoms. The topological polar surface area (TPSA) is 125 Å². The average molecular weight is 321 g/mol. The smallest absolute Gasteiger partial charge is 0.319 e. The molecule has 8 nitrogen and oxygen atoms in total. The Hall–Kier alpha value is -2.61. The Morgan fingerprint density at radius 1 is 1.04 bits per heavy atom. The van der Waals surface area contributed by atoms with E-state index in [0.29, 0.717) is 12.2 Å². The van der Waals surface area contributed by atoms with E-state index in [4.69, 9.17) is 5.73 Å². The van der Waals surface area contributed by atoms with Gasteiger partial charge in [-0.05, 0) is 31.5 Å². The number of benzene rings is 1. The van der Waals surface area contributed by atoms with E-state index in [1.54, 1.807) is 24.3 Å². The predicted molar refractivity (Wildman–Crippen MR) is 87.6 cm³/mol. The number of rotatable bonds is 7. The maximum Gasteiger partial charge on any atom is 0.319 e. The molecule has 0 fully saturated rings. The molecule has 0 atom stereocenters. The zero-order chi connectivity index (χ0) is 17.2. The lowest BCUT2D eigenvalue weighted by atomic mass is 10.2. The van der Waals surface area contributed by atoms with E-state index in [0.717, 1.165) is 5.56 Å². The van der Waals surface area contributed by atoms with Crippen LogP contribution in [0, 0.1) is 0 Å². The molecule has 0 aliphatic heterocycles. The number of anilines is 1. The minimum Gasteiger partial charge on any atom is -0.350 e. The summed E-state index contributed by atoms with van der Waals surface area (Å²) >= 11 is 0. The molecule has 0 aliphatic carbocycles. The zero-order valence-electron chi connectivity index (χ0n) is 13.3. The lowest BCUT2D eigenvalue weighted by Crippen LogP contribution is -2.39. The van der Waals surface area contributed by atoms with Crippen LogP contribution in [0.2, 0.25) is 0 Å². The van der Waals surface area contributed by atoms with E-state index >= 15 is 0 Å². The molecule has 0 unspecified atom stereocenters. The largest absolute Gasteiger partial charge is 0.350 e.